The molecule has 1 aromatic heterocycles. The first kappa shape index (κ1) is 19.9. The molecule has 2 aromatic rings. The Morgan fingerprint density at radius 2 is 1.76 bits per heavy atom. The van der Waals surface area contributed by atoms with E-state index in [1.54, 1.807) is 0 Å². The molecule has 29 heavy (non-hydrogen) atoms. The SMILES string of the molecule is Cc1ccccc1C(=O)N1CCN(c2c(C)nn(C3CCS(=O)(=O)C3)c2C)CC1. The van der Waals surface area contributed by atoms with Crippen molar-refractivity contribution in [2.24, 2.45) is 0 Å². The van der Waals surface area contributed by atoms with Gasteiger partial charge in [0.2, 0.25) is 0 Å². The molecule has 0 N–H and O–H groups in total. The van der Waals surface area contributed by atoms with Crippen LogP contribution < -0.4 is 4.90 Å². The highest BCUT2D eigenvalue weighted by molar-refractivity contribution is 7.91. The molecule has 1 atom stereocenters. The molecule has 2 saturated heterocycles. The minimum atomic E-state index is -2.95. The van der Waals surface area contributed by atoms with Gasteiger partial charge in [-0.05, 0) is 38.8 Å². The highest BCUT2D eigenvalue weighted by Gasteiger charge is 2.33. The first-order chi connectivity index (χ1) is 13.8. The number of sulfone groups is 1. The van der Waals surface area contributed by atoms with Crippen molar-refractivity contribution in [2.75, 3.05) is 42.6 Å². The van der Waals surface area contributed by atoms with E-state index in [0.29, 0.717) is 19.5 Å². The third-order valence-electron chi connectivity index (χ3n) is 6.10. The minimum Gasteiger partial charge on any atom is -0.365 e. The number of nitrogens with zero attached hydrogens (tertiary/aromatic N) is 4. The number of benzene rings is 1. The molecular formula is C21H28N4O3S. The van der Waals surface area contributed by atoms with Gasteiger partial charge in [-0.3, -0.25) is 9.48 Å². The summed E-state index contributed by atoms with van der Waals surface area (Å²) in [5.74, 6) is 0.501. The predicted octanol–water partition coefficient (Wildman–Crippen LogP) is 2.13. The smallest absolute Gasteiger partial charge is 0.254 e. The molecule has 8 heteroatoms. The van der Waals surface area contributed by atoms with Gasteiger partial charge in [-0.25, -0.2) is 8.42 Å². The average Bonchev–Trinajstić information content (AvgIpc) is 3.20. The molecule has 3 heterocycles. The van der Waals surface area contributed by atoms with Crippen LogP contribution in [0.25, 0.3) is 0 Å². The van der Waals surface area contributed by atoms with Crippen LogP contribution in [-0.2, 0) is 9.84 Å². The maximum Gasteiger partial charge on any atom is 0.254 e. The van der Waals surface area contributed by atoms with Crippen LogP contribution in [0.15, 0.2) is 24.3 Å². The van der Waals surface area contributed by atoms with Gasteiger partial charge in [0.25, 0.3) is 5.91 Å². The summed E-state index contributed by atoms with van der Waals surface area (Å²) in [6.07, 6.45) is 0.627. The summed E-state index contributed by atoms with van der Waals surface area (Å²) in [7, 11) is -2.95. The normalized spacial score (nSPS) is 21.6. The van der Waals surface area contributed by atoms with Crippen LogP contribution in [0.3, 0.4) is 0 Å². The van der Waals surface area contributed by atoms with Gasteiger partial charge in [0, 0.05) is 31.7 Å². The molecule has 7 nitrogen and oxygen atoms in total. The molecular weight excluding hydrogens is 388 g/mol. The van der Waals surface area contributed by atoms with Crippen molar-refractivity contribution in [2.45, 2.75) is 33.2 Å². The van der Waals surface area contributed by atoms with Gasteiger partial charge in [-0.15, -0.1) is 0 Å². The van der Waals surface area contributed by atoms with Gasteiger partial charge >= 0.3 is 0 Å². The van der Waals surface area contributed by atoms with Crippen molar-refractivity contribution in [1.29, 1.82) is 0 Å². The largest absolute Gasteiger partial charge is 0.365 e. The number of carbonyl (C=O) groups excluding carboxylic acids is 1. The second-order valence-corrected chi connectivity index (χ2v) is 10.3. The summed E-state index contributed by atoms with van der Waals surface area (Å²) in [4.78, 5) is 17.1. The van der Waals surface area contributed by atoms with E-state index < -0.39 is 9.84 Å². The highest BCUT2D eigenvalue weighted by atomic mass is 32.2. The van der Waals surface area contributed by atoms with E-state index >= 15 is 0 Å². The number of carbonyl (C=O) groups is 1. The Kier molecular flexibility index (Phi) is 5.14. The standard InChI is InChI=1S/C21H28N4O3S/c1-15-6-4-5-7-19(15)21(26)24-11-9-23(10-12-24)20-16(2)22-25(17(20)3)18-8-13-29(27,28)14-18/h4-7,18H,8-14H2,1-3H3. The molecule has 1 aromatic carbocycles. The summed E-state index contributed by atoms with van der Waals surface area (Å²) >= 11 is 0. The van der Waals surface area contributed by atoms with E-state index in [9.17, 15) is 13.2 Å². The molecule has 2 fully saturated rings. The zero-order valence-electron chi connectivity index (χ0n) is 17.3. The van der Waals surface area contributed by atoms with Crippen LogP contribution in [0.1, 0.15) is 39.8 Å². The first-order valence-corrected chi connectivity index (χ1v) is 11.9. The molecule has 1 unspecified atom stereocenters. The molecule has 4 rings (SSSR count). The van der Waals surface area contributed by atoms with Gasteiger partial charge in [0.05, 0.1) is 34.6 Å². The lowest BCUT2D eigenvalue weighted by Crippen LogP contribution is -2.49. The van der Waals surface area contributed by atoms with Gasteiger partial charge in [0.1, 0.15) is 0 Å². The fraction of sp³-hybridized carbons (Fsp3) is 0.524. The summed E-state index contributed by atoms with van der Waals surface area (Å²) in [5.41, 5.74) is 4.79. The maximum atomic E-state index is 12.9. The summed E-state index contributed by atoms with van der Waals surface area (Å²) in [5, 5.41) is 4.68. The molecule has 0 radical (unpaired) electrons. The Morgan fingerprint density at radius 3 is 2.38 bits per heavy atom. The predicted molar refractivity (Wildman–Crippen MR) is 113 cm³/mol. The Hall–Kier alpha value is -2.35. The van der Waals surface area contributed by atoms with Gasteiger partial charge in [0.15, 0.2) is 9.84 Å². The highest BCUT2D eigenvalue weighted by Crippen LogP contribution is 2.31. The third-order valence-corrected chi connectivity index (χ3v) is 7.85. The number of hydrogen-bond donors (Lipinski definition) is 0. The van der Waals surface area contributed by atoms with Crippen LogP contribution in [-0.4, -0.2) is 66.7 Å². The lowest BCUT2D eigenvalue weighted by atomic mass is 10.1. The van der Waals surface area contributed by atoms with E-state index in [-0.39, 0.29) is 23.5 Å². The monoisotopic (exact) mass is 416 g/mol. The number of rotatable bonds is 3. The van der Waals surface area contributed by atoms with E-state index in [1.165, 1.54) is 0 Å². The van der Waals surface area contributed by atoms with Crippen molar-refractivity contribution in [3.05, 3.63) is 46.8 Å². The quantitative estimate of drug-likeness (QED) is 0.766. The molecule has 0 spiro atoms. The summed E-state index contributed by atoms with van der Waals surface area (Å²) in [6.45, 7) is 8.78. The van der Waals surface area contributed by atoms with Crippen LogP contribution >= 0.6 is 0 Å². The average molecular weight is 417 g/mol. The first-order valence-electron chi connectivity index (χ1n) is 10.1. The zero-order chi connectivity index (χ0) is 20.8. The number of amides is 1. The van der Waals surface area contributed by atoms with Crippen molar-refractivity contribution in [3.8, 4) is 0 Å². The second-order valence-electron chi connectivity index (χ2n) is 8.12. The Balaban J connectivity index is 1.48. The molecule has 2 aliphatic rings. The topological polar surface area (TPSA) is 75.5 Å². The number of aromatic nitrogens is 2. The molecule has 0 aliphatic carbocycles. The van der Waals surface area contributed by atoms with Crippen LogP contribution in [0.5, 0.6) is 0 Å². The van der Waals surface area contributed by atoms with Crippen molar-refractivity contribution >= 4 is 21.4 Å². The molecule has 2 aliphatic heterocycles. The lowest BCUT2D eigenvalue weighted by molar-refractivity contribution is 0.0746. The van der Waals surface area contributed by atoms with Crippen LogP contribution in [0.2, 0.25) is 0 Å². The van der Waals surface area contributed by atoms with Crippen molar-refractivity contribution in [1.82, 2.24) is 14.7 Å². The number of hydrogen-bond acceptors (Lipinski definition) is 5. The van der Waals surface area contributed by atoms with Gasteiger partial charge in [-0.2, -0.15) is 5.10 Å². The van der Waals surface area contributed by atoms with E-state index in [1.807, 2.05) is 54.6 Å². The fourth-order valence-electron chi connectivity index (χ4n) is 4.55. The summed E-state index contributed by atoms with van der Waals surface area (Å²) < 4.78 is 25.6. The van der Waals surface area contributed by atoms with E-state index in [4.69, 9.17) is 0 Å². The van der Waals surface area contributed by atoms with Crippen LogP contribution in [0.4, 0.5) is 5.69 Å². The Labute approximate surface area is 172 Å². The van der Waals surface area contributed by atoms with Gasteiger partial charge in [-0.1, -0.05) is 18.2 Å². The molecule has 1 amide bonds. The number of piperazine rings is 1. The van der Waals surface area contributed by atoms with Gasteiger partial charge < -0.3 is 9.80 Å². The molecule has 0 bridgehead atoms. The third kappa shape index (κ3) is 3.77. The van der Waals surface area contributed by atoms with Crippen LogP contribution in [0, 0.1) is 20.8 Å². The minimum absolute atomic E-state index is 0.0728. The summed E-state index contributed by atoms with van der Waals surface area (Å²) in [6, 6.07) is 7.63. The Bertz CT molecular complexity index is 1040. The lowest BCUT2D eigenvalue weighted by Gasteiger charge is -2.36. The number of anilines is 1. The van der Waals surface area contributed by atoms with Crippen molar-refractivity contribution in [3.63, 3.8) is 0 Å². The number of aryl methyl sites for hydroxylation is 2. The second kappa shape index (κ2) is 7.48. The zero-order valence-corrected chi connectivity index (χ0v) is 18.1. The van der Waals surface area contributed by atoms with Crippen molar-refractivity contribution < 1.29 is 13.2 Å². The molecule has 0 saturated carbocycles. The van der Waals surface area contributed by atoms with E-state index in [0.717, 1.165) is 41.3 Å². The van der Waals surface area contributed by atoms with E-state index in [2.05, 4.69) is 10.00 Å². The Morgan fingerprint density at radius 1 is 1.07 bits per heavy atom. The fourth-order valence-corrected chi connectivity index (χ4v) is 6.24. The molecule has 156 valence electrons. The maximum absolute atomic E-state index is 12.9.